The van der Waals surface area contributed by atoms with Gasteiger partial charge in [-0.25, -0.2) is 4.39 Å². The predicted molar refractivity (Wildman–Crippen MR) is 26.9 cm³/mol. The molecule has 0 aliphatic carbocycles. The van der Waals surface area contributed by atoms with Gasteiger partial charge in [0.15, 0.2) is 0 Å². The summed E-state index contributed by atoms with van der Waals surface area (Å²) in [5, 5.41) is 8.48. The molecule has 0 bridgehead atoms. The number of aliphatic hydroxyl groups is 1. The predicted octanol–water partition coefficient (Wildman–Crippen LogP) is 1.12. The standard InChI is InChI=1S/C5H11FO/c1-4(6)3-5(2)7/h4-5,7H,3H2,1-2H3/t4-,5+/m0/s1. The van der Waals surface area contributed by atoms with Gasteiger partial charge in [-0.15, -0.1) is 0 Å². The van der Waals surface area contributed by atoms with Crippen LogP contribution in [0.2, 0.25) is 0 Å². The van der Waals surface area contributed by atoms with Gasteiger partial charge in [-0.05, 0) is 13.8 Å². The van der Waals surface area contributed by atoms with E-state index in [-0.39, 0.29) is 6.42 Å². The largest absolute Gasteiger partial charge is 0.393 e. The molecule has 0 aromatic heterocycles. The van der Waals surface area contributed by atoms with E-state index in [0.29, 0.717) is 0 Å². The lowest BCUT2D eigenvalue weighted by Gasteiger charge is -2.01. The number of alkyl halides is 1. The Morgan fingerprint density at radius 2 is 2.00 bits per heavy atom. The highest BCUT2D eigenvalue weighted by Gasteiger charge is 2.00. The second kappa shape index (κ2) is 2.97. The molecule has 1 nitrogen and oxygen atoms in total. The van der Waals surface area contributed by atoms with Crippen molar-refractivity contribution in [1.29, 1.82) is 0 Å². The fourth-order valence-electron chi connectivity index (χ4n) is 0.470. The Hall–Kier alpha value is -0.110. The fourth-order valence-corrected chi connectivity index (χ4v) is 0.470. The molecule has 0 aromatic rings. The molecule has 0 rings (SSSR count). The van der Waals surface area contributed by atoms with Crippen LogP contribution in [0.25, 0.3) is 0 Å². The van der Waals surface area contributed by atoms with Crippen LogP contribution >= 0.6 is 0 Å². The van der Waals surface area contributed by atoms with E-state index in [0.717, 1.165) is 0 Å². The Morgan fingerprint density at radius 3 is 2.00 bits per heavy atom. The van der Waals surface area contributed by atoms with Gasteiger partial charge in [0.1, 0.15) is 0 Å². The third kappa shape index (κ3) is 5.89. The summed E-state index contributed by atoms with van der Waals surface area (Å²) in [7, 11) is 0. The molecule has 0 amide bonds. The number of halogens is 1. The fraction of sp³-hybridized carbons (Fsp3) is 1.00. The van der Waals surface area contributed by atoms with Crippen LogP contribution in [0.1, 0.15) is 20.3 Å². The molecular formula is C5H11FO. The van der Waals surface area contributed by atoms with Crippen LogP contribution in [0.3, 0.4) is 0 Å². The highest BCUT2D eigenvalue weighted by atomic mass is 19.1. The van der Waals surface area contributed by atoms with Gasteiger partial charge in [-0.2, -0.15) is 0 Å². The van der Waals surface area contributed by atoms with Crippen molar-refractivity contribution < 1.29 is 9.50 Å². The maximum Gasteiger partial charge on any atom is 0.0998 e. The van der Waals surface area contributed by atoms with Crippen LogP contribution < -0.4 is 0 Å². The van der Waals surface area contributed by atoms with Crippen molar-refractivity contribution in [2.75, 3.05) is 0 Å². The monoisotopic (exact) mass is 106 g/mol. The molecule has 0 unspecified atom stereocenters. The van der Waals surface area contributed by atoms with Gasteiger partial charge >= 0.3 is 0 Å². The van der Waals surface area contributed by atoms with Crippen molar-refractivity contribution in [2.24, 2.45) is 0 Å². The van der Waals surface area contributed by atoms with E-state index in [2.05, 4.69) is 0 Å². The van der Waals surface area contributed by atoms with E-state index in [4.69, 9.17) is 5.11 Å². The maximum atomic E-state index is 11.8. The van der Waals surface area contributed by atoms with Crippen molar-refractivity contribution in [3.63, 3.8) is 0 Å². The highest BCUT2D eigenvalue weighted by molar-refractivity contribution is 4.51. The average molecular weight is 106 g/mol. The lowest BCUT2D eigenvalue weighted by Crippen LogP contribution is -2.06. The van der Waals surface area contributed by atoms with Crippen LogP contribution in [0, 0.1) is 0 Å². The lowest BCUT2D eigenvalue weighted by molar-refractivity contribution is 0.148. The molecule has 0 radical (unpaired) electrons. The van der Waals surface area contributed by atoms with E-state index in [1.807, 2.05) is 0 Å². The molecule has 0 saturated carbocycles. The van der Waals surface area contributed by atoms with E-state index < -0.39 is 12.3 Å². The zero-order chi connectivity index (χ0) is 5.86. The van der Waals surface area contributed by atoms with Crippen LogP contribution in [0.5, 0.6) is 0 Å². The van der Waals surface area contributed by atoms with Crippen molar-refractivity contribution >= 4 is 0 Å². The normalized spacial score (nSPS) is 18.9. The molecule has 0 aliphatic heterocycles. The minimum Gasteiger partial charge on any atom is -0.393 e. The van der Waals surface area contributed by atoms with E-state index in [1.165, 1.54) is 6.92 Å². The summed E-state index contributed by atoms with van der Waals surface area (Å²) in [5.74, 6) is 0. The molecule has 2 heteroatoms. The summed E-state index contributed by atoms with van der Waals surface area (Å²) in [6.07, 6.45) is -1.13. The van der Waals surface area contributed by atoms with E-state index in [1.54, 1.807) is 6.92 Å². The molecular weight excluding hydrogens is 95.1 g/mol. The minimum atomic E-state index is -0.875. The zero-order valence-corrected chi connectivity index (χ0v) is 4.69. The second-order valence-electron chi connectivity index (χ2n) is 1.87. The highest BCUT2D eigenvalue weighted by Crippen LogP contribution is 1.98. The van der Waals surface area contributed by atoms with Crippen molar-refractivity contribution in [3.05, 3.63) is 0 Å². The smallest absolute Gasteiger partial charge is 0.0998 e. The first-order valence-electron chi connectivity index (χ1n) is 2.45. The summed E-state index contributed by atoms with van der Waals surface area (Å²) < 4.78 is 11.8. The minimum absolute atomic E-state index is 0.250. The Morgan fingerprint density at radius 1 is 1.57 bits per heavy atom. The molecule has 7 heavy (non-hydrogen) atoms. The zero-order valence-electron chi connectivity index (χ0n) is 4.69. The van der Waals surface area contributed by atoms with Crippen LogP contribution in [-0.2, 0) is 0 Å². The van der Waals surface area contributed by atoms with Gasteiger partial charge in [0.05, 0.1) is 12.3 Å². The topological polar surface area (TPSA) is 20.2 Å². The SMILES string of the molecule is C[C@H](F)C[C@@H](C)O. The first kappa shape index (κ1) is 6.89. The van der Waals surface area contributed by atoms with Gasteiger partial charge in [-0.1, -0.05) is 0 Å². The summed E-state index contributed by atoms with van der Waals surface area (Å²) in [6, 6.07) is 0. The van der Waals surface area contributed by atoms with Gasteiger partial charge in [0.2, 0.25) is 0 Å². The molecule has 0 saturated heterocycles. The third-order valence-electron chi connectivity index (χ3n) is 0.666. The maximum absolute atomic E-state index is 11.8. The quantitative estimate of drug-likeness (QED) is 0.559. The van der Waals surface area contributed by atoms with Crippen LogP contribution in [-0.4, -0.2) is 17.4 Å². The lowest BCUT2D eigenvalue weighted by atomic mass is 10.2. The van der Waals surface area contributed by atoms with Crippen LogP contribution in [0.4, 0.5) is 4.39 Å². The number of hydrogen-bond acceptors (Lipinski definition) is 1. The molecule has 44 valence electrons. The number of hydrogen-bond donors (Lipinski definition) is 1. The first-order valence-corrected chi connectivity index (χ1v) is 2.45. The molecule has 0 fully saturated rings. The van der Waals surface area contributed by atoms with Gasteiger partial charge in [0, 0.05) is 6.42 Å². The van der Waals surface area contributed by atoms with Crippen molar-refractivity contribution in [2.45, 2.75) is 32.5 Å². The first-order chi connectivity index (χ1) is 3.13. The Kier molecular flexibility index (Phi) is 2.92. The summed E-state index contributed by atoms with van der Waals surface area (Å²) in [5.41, 5.74) is 0. The molecule has 0 aromatic carbocycles. The van der Waals surface area contributed by atoms with Gasteiger partial charge < -0.3 is 5.11 Å². The third-order valence-corrected chi connectivity index (χ3v) is 0.666. The summed E-state index contributed by atoms with van der Waals surface area (Å²) >= 11 is 0. The molecule has 2 atom stereocenters. The van der Waals surface area contributed by atoms with Crippen molar-refractivity contribution in [3.8, 4) is 0 Å². The molecule has 1 N–H and O–H groups in total. The van der Waals surface area contributed by atoms with E-state index >= 15 is 0 Å². The number of aliphatic hydroxyl groups excluding tert-OH is 1. The molecule has 0 heterocycles. The van der Waals surface area contributed by atoms with Crippen LogP contribution in [0.15, 0.2) is 0 Å². The Balaban J connectivity index is 2.95. The van der Waals surface area contributed by atoms with E-state index in [9.17, 15) is 4.39 Å². The molecule has 0 aliphatic rings. The van der Waals surface area contributed by atoms with Gasteiger partial charge in [0.25, 0.3) is 0 Å². The Bertz CT molecular complexity index is 37.3. The molecule has 0 spiro atoms. The van der Waals surface area contributed by atoms with Crippen molar-refractivity contribution in [1.82, 2.24) is 0 Å². The second-order valence-corrected chi connectivity index (χ2v) is 1.87. The summed E-state index contributed by atoms with van der Waals surface area (Å²) in [6.45, 7) is 3.02. The van der Waals surface area contributed by atoms with Gasteiger partial charge in [-0.3, -0.25) is 0 Å². The summed E-state index contributed by atoms with van der Waals surface area (Å²) in [4.78, 5) is 0. The average Bonchev–Trinajstić information content (AvgIpc) is 1.27. The Labute approximate surface area is 43.2 Å². The number of rotatable bonds is 2.